The van der Waals surface area contributed by atoms with Crippen LogP contribution in [0.2, 0.25) is 0 Å². The molecule has 0 aliphatic carbocycles. The van der Waals surface area contributed by atoms with Crippen LogP contribution in [-0.4, -0.2) is 18.4 Å². The predicted octanol–water partition coefficient (Wildman–Crippen LogP) is 3.91. The standard InChI is InChI=1S/C24H25N3O2/c1-18(20-10-6-3-7-11-20)26-24(29)21-12-14-22(15-13-21)27-23(28)17-25-16-19-8-4-2-5-9-19/h2-15,18,25H,16-17H2,1H3,(H,26,29)(H,27,28). The molecule has 29 heavy (non-hydrogen) atoms. The highest BCUT2D eigenvalue weighted by atomic mass is 16.2. The number of rotatable bonds is 8. The maximum atomic E-state index is 12.4. The molecule has 5 heteroatoms. The Hall–Kier alpha value is -3.44. The Balaban J connectivity index is 1.46. The van der Waals surface area contributed by atoms with Crippen molar-refractivity contribution in [2.45, 2.75) is 19.5 Å². The van der Waals surface area contributed by atoms with Gasteiger partial charge in [-0.3, -0.25) is 9.59 Å². The highest BCUT2D eigenvalue weighted by Gasteiger charge is 2.11. The van der Waals surface area contributed by atoms with Crippen LogP contribution in [0.5, 0.6) is 0 Å². The van der Waals surface area contributed by atoms with Crippen molar-refractivity contribution in [3.05, 3.63) is 102 Å². The minimum Gasteiger partial charge on any atom is -0.346 e. The van der Waals surface area contributed by atoms with E-state index < -0.39 is 0 Å². The third kappa shape index (κ3) is 6.30. The highest BCUT2D eigenvalue weighted by Crippen LogP contribution is 2.14. The molecule has 0 aromatic heterocycles. The number of carbonyl (C=O) groups is 2. The number of benzene rings is 3. The van der Waals surface area contributed by atoms with Crippen LogP contribution < -0.4 is 16.0 Å². The first-order valence-corrected chi connectivity index (χ1v) is 9.62. The maximum Gasteiger partial charge on any atom is 0.251 e. The molecule has 2 amide bonds. The summed E-state index contributed by atoms with van der Waals surface area (Å²) in [6, 6.07) is 26.5. The molecular weight excluding hydrogens is 362 g/mol. The van der Waals surface area contributed by atoms with E-state index in [9.17, 15) is 9.59 Å². The summed E-state index contributed by atoms with van der Waals surface area (Å²) in [5.41, 5.74) is 3.38. The molecule has 3 rings (SSSR count). The SMILES string of the molecule is CC(NC(=O)c1ccc(NC(=O)CNCc2ccccc2)cc1)c1ccccc1. The van der Waals surface area contributed by atoms with Gasteiger partial charge in [-0.15, -0.1) is 0 Å². The summed E-state index contributed by atoms with van der Waals surface area (Å²) in [5, 5.41) is 8.92. The average Bonchev–Trinajstić information content (AvgIpc) is 2.75. The van der Waals surface area contributed by atoms with Crippen molar-refractivity contribution >= 4 is 17.5 Å². The quantitative estimate of drug-likeness (QED) is 0.549. The Morgan fingerprint density at radius 1 is 0.828 bits per heavy atom. The van der Waals surface area contributed by atoms with Gasteiger partial charge in [-0.2, -0.15) is 0 Å². The van der Waals surface area contributed by atoms with Crippen molar-refractivity contribution in [3.63, 3.8) is 0 Å². The molecule has 3 N–H and O–H groups in total. The lowest BCUT2D eigenvalue weighted by molar-refractivity contribution is -0.115. The first-order valence-electron chi connectivity index (χ1n) is 9.62. The molecule has 0 heterocycles. The number of amides is 2. The van der Waals surface area contributed by atoms with E-state index in [-0.39, 0.29) is 24.4 Å². The molecule has 0 bridgehead atoms. The third-order valence-corrected chi connectivity index (χ3v) is 4.54. The molecule has 1 unspecified atom stereocenters. The summed E-state index contributed by atoms with van der Waals surface area (Å²) < 4.78 is 0. The van der Waals surface area contributed by atoms with Gasteiger partial charge in [0.1, 0.15) is 0 Å². The van der Waals surface area contributed by atoms with E-state index in [1.165, 1.54) is 0 Å². The minimum atomic E-state index is -0.149. The van der Waals surface area contributed by atoms with E-state index in [1.807, 2.05) is 67.6 Å². The van der Waals surface area contributed by atoms with E-state index in [1.54, 1.807) is 24.3 Å². The number of carbonyl (C=O) groups excluding carboxylic acids is 2. The zero-order valence-corrected chi connectivity index (χ0v) is 16.4. The summed E-state index contributed by atoms with van der Waals surface area (Å²) in [7, 11) is 0. The van der Waals surface area contributed by atoms with E-state index in [0.717, 1.165) is 11.1 Å². The Kier molecular flexibility index (Phi) is 7.14. The normalized spacial score (nSPS) is 11.5. The fraction of sp³-hybridized carbons (Fsp3) is 0.167. The molecule has 0 spiro atoms. The van der Waals surface area contributed by atoms with Gasteiger partial charge < -0.3 is 16.0 Å². The second-order valence-corrected chi connectivity index (χ2v) is 6.82. The van der Waals surface area contributed by atoms with E-state index >= 15 is 0 Å². The molecular formula is C24H25N3O2. The summed E-state index contributed by atoms with van der Waals surface area (Å²) in [5.74, 6) is -0.278. The van der Waals surface area contributed by atoms with Crippen LogP contribution in [0.25, 0.3) is 0 Å². The van der Waals surface area contributed by atoms with Crippen LogP contribution in [0, 0.1) is 0 Å². The summed E-state index contributed by atoms with van der Waals surface area (Å²) in [6.45, 7) is 2.79. The molecule has 1 atom stereocenters. The van der Waals surface area contributed by atoms with Crippen molar-refractivity contribution in [3.8, 4) is 0 Å². The van der Waals surface area contributed by atoms with Gasteiger partial charge in [-0.1, -0.05) is 60.7 Å². The summed E-state index contributed by atoms with van der Waals surface area (Å²) in [6.07, 6.45) is 0. The second-order valence-electron chi connectivity index (χ2n) is 6.82. The molecule has 0 saturated carbocycles. The molecule has 148 valence electrons. The van der Waals surface area contributed by atoms with E-state index in [0.29, 0.717) is 17.8 Å². The van der Waals surface area contributed by atoms with Crippen LogP contribution in [0.1, 0.15) is 34.5 Å². The Morgan fingerprint density at radius 2 is 1.45 bits per heavy atom. The van der Waals surface area contributed by atoms with Crippen molar-refractivity contribution in [2.75, 3.05) is 11.9 Å². The number of hydrogen-bond acceptors (Lipinski definition) is 3. The lowest BCUT2D eigenvalue weighted by Crippen LogP contribution is -2.28. The highest BCUT2D eigenvalue weighted by molar-refractivity contribution is 5.96. The fourth-order valence-electron chi connectivity index (χ4n) is 2.93. The van der Waals surface area contributed by atoms with Crippen LogP contribution in [0.15, 0.2) is 84.9 Å². The monoisotopic (exact) mass is 387 g/mol. The lowest BCUT2D eigenvalue weighted by atomic mass is 10.1. The van der Waals surface area contributed by atoms with Crippen LogP contribution in [0.4, 0.5) is 5.69 Å². The number of nitrogens with one attached hydrogen (secondary N) is 3. The first-order chi connectivity index (χ1) is 14.1. The van der Waals surface area contributed by atoms with Crippen LogP contribution in [-0.2, 0) is 11.3 Å². The third-order valence-electron chi connectivity index (χ3n) is 4.54. The largest absolute Gasteiger partial charge is 0.346 e. The zero-order chi connectivity index (χ0) is 20.5. The molecule has 0 radical (unpaired) electrons. The zero-order valence-electron chi connectivity index (χ0n) is 16.4. The molecule has 0 saturated heterocycles. The maximum absolute atomic E-state index is 12.4. The average molecular weight is 387 g/mol. The number of anilines is 1. The van der Waals surface area contributed by atoms with E-state index in [4.69, 9.17) is 0 Å². The first kappa shape index (κ1) is 20.3. The Bertz CT molecular complexity index is 925. The van der Waals surface area contributed by atoms with Gasteiger partial charge in [-0.25, -0.2) is 0 Å². The van der Waals surface area contributed by atoms with Crippen molar-refractivity contribution in [2.24, 2.45) is 0 Å². The van der Waals surface area contributed by atoms with Gasteiger partial charge >= 0.3 is 0 Å². The topological polar surface area (TPSA) is 70.2 Å². The van der Waals surface area contributed by atoms with Gasteiger partial charge in [0.15, 0.2) is 0 Å². The fourth-order valence-corrected chi connectivity index (χ4v) is 2.93. The van der Waals surface area contributed by atoms with E-state index in [2.05, 4.69) is 16.0 Å². The minimum absolute atomic E-state index is 0.0845. The van der Waals surface area contributed by atoms with Crippen molar-refractivity contribution < 1.29 is 9.59 Å². The van der Waals surface area contributed by atoms with Crippen LogP contribution >= 0.6 is 0 Å². The summed E-state index contributed by atoms with van der Waals surface area (Å²) in [4.78, 5) is 24.5. The molecule has 0 fully saturated rings. The van der Waals surface area contributed by atoms with Gasteiger partial charge in [0.05, 0.1) is 12.6 Å². The Morgan fingerprint density at radius 3 is 2.10 bits per heavy atom. The van der Waals surface area contributed by atoms with Gasteiger partial charge in [0, 0.05) is 17.8 Å². The number of hydrogen-bond donors (Lipinski definition) is 3. The van der Waals surface area contributed by atoms with Crippen molar-refractivity contribution in [1.82, 2.24) is 10.6 Å². The molecule has 5 nitrogen and oxygen atoms in total. The second kappa shape index (κ2) is 10.2. The lowest BCUT2D eigenvalue weighted by Gasteiger charge is -2.14. The van der Waals surface area contributed by atoms with Gasteiger partial charge in [-0.05, 0) is 42.3 Å². The van der Waals surface area contributed by atoms with Gasteiger partial charge in [0.2, 0.25) is 5.91 Å². The molecule has 0 aliphatic heterocycles. The molecule has 3 aromatic carbocycles. The predicted molar refractivity (Wildman–Crippen MR) is 116 cm³/mol. The van der Waals surface area contributed by atoms with Crippen LogP contribution in [0.3, 0.4) is 0 Å². The Labute approximate surface area is 171 Å². The molecule has 0 aliphatic rings. The molecule has 3 aromatic rings. The van der Waals surface area contributed by atoms with Gasteiger partial charge in [0.25, 0.3) is 5.91 Å². The summed E-state index contributed by atoms with van der Waals surface area (Å²) >= 11 is 0. The smallest absolute Gasteiger partial charge is 0.251 e. The van der Waals surface area contributed by atoms with Crippen molar-refractivity contribution in [1.29, 1.82) is 0 Å².